The van der Waals surface area contributed by atoms with E-state index in [2.05, 4.69) is 15.4 Å². The van der Waals surface area contributed by atoms with Gasteiger partial charge in [-0.15, -0.1) is 0 Å². The molecule has 0 unspecified atom stereocenters. The smallest absolute Gasteiger partial charge is 0.315 e. The van der Waals surface area contributed by atoms with Crippen molar-refractivity contribution in [1.82, 2.24) is 19.8 Å². The average Bonchev–Trinajstić information content (AvgIpc) is 2.96. The monoisotopic (exact) mass is 592 g/mol. The maximum atomic E-state index is 13.9. The van der Waals surface area contributed by atoms with Crippen molar-refractivity contribution >= 4 is 39.3 Å². The molecule has 2 aliphatic heterocycles. The molecule has 13 heteroatoms. The molecule has 204 valence electrons. The molecule has 2 amide bonds. The average molecular weight is 594 g/mol. The minimum Gasteiger partial charge on any atom is -0.456 e. The van der Waals surface area contributed by atoms with Crippen molar-refractivity contribution in [2.75, 3.05) is 52.3 Å². The number of sulfonamides is 1. The van der Waals surface area contributed by atoms with Gasteiger partial charge in [-0.3, -0.25) is 4.90 Å². The first-order chi connectivity index (χ1) is 22.5. The van der Waals surface area contributed by atoms with Crippen LogP contribution >= 0.6 is 23.2 Å². The summed E-state index contributed by atoms with van der Waals surface area (Å²) in [6.45, 7) is -14.1. The first-order valence-corrected chi connectivity index (χ1v) is 13.4. The van der Waals surface area contributed by atoms with Crippen LogP contribution in [-0.4, -0.2) is 82.0 Å². The number of nitrogens with one attached hydrogen (secondary N) is 2. The second-order valence-corrected chi connectivity index (χ2v) is 10.7. The number of carbonyl (C=O) groups is 1. The molecule has 0 aromatic heterocycles. The first-order valence-electron chi connectivity index (χ1n) is 16.7. The zero-order chi connectivity index (χ0) is 36.9. The molecule has 38 heavy (non-hydrogen) atoms. The molecule has 2 heterocycles. The molecule has 2 aromatic rings. The van der Waals surface area contributed by atoms with Gasteiger partial charge in [-0.05, 0) is 49.2 Å². The molecule has 10 nitrogen and oxygen atoms in total. The lowest BCUT2D eigenvalue weighted by atomic mass is 10.1. The second kappa shape index (κ2) is 13.0. The zero-order valence-electron chi connectivity index (χ0n) is 30.6. The first kappa shape index (κ1) is 17.2. The summed E-state index contributed by atoms with van der Waals surface area (Å²) in [4.78, 5) is 12.1. The maximum Gasteiger partial charge on any atom is 0.315 e. The van der Waals surface area contributed by atoms with Crippen molar-refractivity contribution in [1.29, 1.82) is 5.26 Å². The van der Waals surface area contributed by atoms with Crippen molar-refractivity contribution in [3.63, 3.8) is 0 Å². The van der Waals surface area contributed by atoms with E-state index in [9.17, 15) is 18.5 Å². The lowest BCUT2D eigenvalue weighted by molar-refractivity contribution is 0.0387. The highest BCUT2D eigenvalue weighted by Crippen LogP contribution is 2.35. The number of urea groups is 1. The van der Waals surface area contributed by atoms with Crippen LogP contribution < -0.4 is 15.4 Å². The minimum absolute atomic E-state index is 0.0599. The van der Waals surface area contributed by atoms with Crippen LogP contribution in [0.4, 0.5) is 4.79 Å². The summed E-state index contributed by atoms with van der Waals surface area (Å²) < 4.78 is 127. The Kier molecular flexibility index (Phi) is 5.86. The molecular weight excluding hydrogens is 553 g/mol. The standard InChI is InChI=1S/C25H29Cl2N5O5S/c26-19-14-20(27)16-22(15-19)37-23-2-1-18(17-28)13-24(23)38(34,35)32-6-3-21(4-7-32)30-25(33)29-5-8-31-9-11-36-12-10-31/h1-2,13-16,21H,3-12H2,(H2,29,30,33)/i1D,2D,9D2,10D2,11D2,12D2,13D. The van der Waals surface area contributed by atoms with Gasteiger partial charge < -0.3 is 20.1 Å². The van der Waals surface area contributed by atoms with E-state index in [4.69, 9.17) is 43.0 Å². The largest absolute Gasteiger partial charge is 0.456 e. The van der Waals surface area contributed by atoms with E-state index in [1.807, 2.05) is 0 Å². The topological polar surface area (TPSA) is 124 Å². The number of benzene rings is 2. The Bertz CT molecular complexity index is 1750. The SMILES string of the molecule is [2H]c1c([2H])c(Oc2cc(Cl)cc(Cl)c2)c(S(=O)(=O)N2CCC(NC(=O)NCCN3C([2H])([2H])C([2H])([2H])OC([2H])([2H])C3([2H])[2H])CC2)c([2H])c1C#N. The Morgan fingerprint density at radius 1 is 1.21 bits per heavy atom. The summed E-state index contributed by atoms with van der Waals surface area (Å²) in [7, 11) is -4.63. The second-order valence-electron chi connectivity index (χ2n) is 7.99. The highest BCUT2D eigenvalue weighted by atomic mass is 35.5. The minimum atomic E-state index is -4.63. The van der Waals surface area contributed by atoms with Gasteiger partial charge in [0.1, 0.15) is 16.4 Å². The lowest BCUT2D eigenvalue weighted by Gasteiger charge is -2.32. The lowest BCUT2D eigenvalue weighted by Crippen LogP contribution is -2.50. The highest BCUT2D eigenvalue weighted by molar-refractivity contribution is 7.89. The summed E-state index contributed by atoms with van der Waals surface area (Å²) in [5.74, 6) is -0.764. The van der Waals surface area contributed by atoms with Gasteiger partial charge >= 0.3 is 6.03 Å². The Labute approximate surface area is 247 Å². The van der Waals surface area contributed by atoms with E-state index < -0.39 is 95.6 Å². The Hall–Kier alpha value is -2.59. The van der Waals surface area contributed by atoms with Crippen LogP contribution in [0.25, 0.3) is 0 Å². The van der Waals surface area contributed by atoms with Crippen LogP contribution in [0, 0.1) is 11.3 Å². The third-order valence-electron chi connectivity index (χ3n) is 5.38. The summed E-state index contributed by atoms with van der Waals surface area (Å²) in [6, 6.07) is 1.81. The Balaban J connectivity index is 1.45. The molecule has 2 N–H and O–H groups in total. The van der Waals surface area contributed by atoms with Gasteiger partial charge in [0.15, 0.2) is 0 Å². The van der Waals surface area contributed by atoms with Crippen LogP contribution in [0.5, 0.6) is 11.5 Å². The fourth-order valence-electron chi connectivity index (χ4n) is 3.60. The van der Waals surface area contributed by atoms with Crippen LogP contribution in [0.1, 0.15) is 33.5 Å². The number of morpholine rings is 1. The van der Waals surface area contributed by atoms with E-state index in [0.29, 0.717) is 4.90 Å². The number of nitrogens with zero attached hydrogens (tertiary/aromatic N) is 3. The fourth-order valence-corrected chi connectivity index (χ4v) is 5.61. The number of hydrogen-bond donors (Lipinski definition) is 2. The molecule has 0 aliphatic carbocycles. The van der Waals surface area contributed by atoms with Gasteiger partial charge in [0.2, 0.25) is 10.0 Å². The molecule has 4 rings (SSSR count). The van der Waals surface area contributed by atoms with Crippen molar-refractivity contribution in [3.8, 4) is 17.6 Å². The molecule has 0 atom stereocenters. The van der Waals surface area contributed by atoms with Crippen molar-refractivity contribution in [2.45, 2.75) is 23.8 Å². The van der Waals surface area contributed by atoms with Crippen LogP contribution in [0.15, 0.2) is 41.2 Å². The molecule has 0 radical (unpaired) electrons. The number of hydrogen-bond acceptors (Lipinski definition) is 7. The predicted molar refractivity (Wildman–Crippen MR) is 143 cm³/mol. The molecule has 2 saturated heterocycles. The Morgan fingerprint density at radius 2 is 1.89 bits per heavy atom. The van der Waals surface area contributed by atoms with Crippen LogP contribution in [0.3, 0.4) is 0 Å². The van der Waals surface area contributed by atoms with Crippen LogP contribution in [0.2, 0.25) is 10.0 Å². The van der Waals surface area contributed by atoms with E-state index in [-0.39, 0.29) is 41.7 Å². The molecule has 2 aliphatic rings. The molecule has 2 aromatic carbocycles. The summed E-state index contributed by atoms with van der Waals surface area (Å²) in [5, 5.41) is 14.8. The van der Waals surface area contributed by atoms with E-state index in [1.54, 1.807) is 6.07 Å². The Morgan fingerprint density at radius 3 is 2.55 bits per heavy atom. The number of amides is 2. The van der Waals surface area contributed by atoms with Crippen molar-refractivity contribution < 1.29 is 37.8 Å². The van der Waals surface area contributed by atoms with Crippen molar-refractivity contribution in [3.05, 3.63) is 51.9 Å². The summed E-state index contributed by atoms with van der Waals surface area (Å²) in [6.07, 6.45) is 0.120. The molecule has 0 bridgehead atoms. The van der Waals surface area contributed by atoms with Crippen LogP contribution in [-0.2, 0) is 14.8 Å². The van der Waals surface area contributed by atoms with Gasteiger partial charge in [0.05, 0.1) is 34.3 Å². The number of halogens is 2. The van der Waals surface area contributed by atoms with E-state index >= 15 is 0 Å². The third kappa shape index (κ3) is 7.50. The number of carbonyl (C=O) groups excluding carboxylic acids is 1. The van der Waals surface area contributed by atoms with E-state index in [0.717, 1.165) is 4.31 Å². The number of rotatable bonds is 8. The quantitative estimate of drug-likeness (QED) is 0.481. The summed E-state index contributed by atoms with van der Waals surface area (Å²) in [5.41, 5.74) is -0.654. The van der Waals surface area contributed by atoms with Crippen molar-refractivity contribution in [2.24, 2.45) is 0 Å². The molecule has 0 saturated carbocycles. The van der Waals surface area contributed by atoms with E-state index in [1.165, 1.54) is 18.2 Å². The van der Waals surface area contributed by atoms with Gasteiger partial charge in [0, 0.05) is 60.7 Å². The normalized spacial score (nSPS) is 27.0. The zero-order valence-corrected chi connectivity index (χ0v) is 21.9. The third-order valence-corrected chi connectivity index (χ3v) is 7.67. The summed E-state index contributed by atoms with van der Waals surface area (Å²) >= 11 is 12.0. The maximum absolute atomic E-state index is 13.9. The fraction of sp³-hybridized carbons (Fsp3) is 0.440. The predicted octanol–water partition coefficient (Wildman–Crippen LogP) is 3.44. The van der Waals surface area contributed by atoms with Gasteiger partial charge in [-0.25, -0.2) is 13.2 Å². The number of piperidine rings is 1. The number of nitriles is 1. The number of ether oxygens (including phenoxy) is 2. The molecule has 0 spiro atoms. The molecular formula is C25H29Cl2N5O5S. The molecule has 2 fully saturated rings. The highest BCUT2D eigenvalue weighted by Gasteiger charge is 2.32. The van der Waals surface area contributed by atoms with Gasteiger partial charge in [0.25, 0.3) is 0 Å². The van der Waals surface area contributed by atoms with Gasteiger partial charge in [-0.2, -0.15) is 9.57 Å². The van der Waals surface area contributed by atoms with Gasteiger partial charge in [-0.1, -0.05) is 23.2 Å².